The van der Waals surface area contributed by atoms with Gasteiger partial charge in [-0.25, -0.2) is 4.39 Å². The number of ether oxygens (including phenoxy) is 2. The average molecular weight is 463 g/mol. The van der Waals surface area contributed by atoms with Crippen molar-refractivity contribution in [2.75, 3.05) is 18.7 Å². The quantitative estimate of drug-likeness (QED) is 0.575. The van der Waals surface area contributed by atoms with E-state index in [1.54, 1.807) is 49.5 Å². The normalized spacial score (nSPS) is 15.5. The molecule has 5 rings (SSSR count). The molecule has 0 spiro atoms. The molecule has 0 fully saturated rings. The summed E-state index contributed by atoms with van der Waals surface area (Å²) in [5.41, 5.74) is 2.31. The number of nitrogens with zero attached hydrogens (tertiary/aromatic N) is 1. The van der Waals surface area contributed by atoms with E-state index in [2.05, 4.69) is 5.32 Å². The van der Waals surface area contributed by atoms with Crippen LogP contribution in [0.5, 0.6) is 11.5 Å². The zero-order valence-corrected chi connectivity index (χ0v) is 18.4. The zero-order chi connectivity index (χ0) is 22.9. The Morgan fingerprint density at radius 2 is 1.94 bits per heavy atom. The fourth-order valence-electron chi connectivity index (χ4n) is 3.60. The van der Waals surface area contributed by atoms with Crippen LogP contribution >= 0.6 is 11.8 Å². The number of rotatable bonds is 4. The second kappa shape index (κ2) is 8.63. The highest BCUT2D eigenvalue weighted by atomic mass is 32.2. The summed E-state index contributed by atoms with van der Waals surface area (Å²) in [4.78, 5) is 28.3. The summed E-state index contributed by atoms with van der Waals surface area (Å²) in [5, 5.41) is 2.89. The molecule has 0 unspecified atom stereocenters. The van der Waals surface area contributed by atoms with E-state index in [1.165, 1.54) is 22.7 Å². The molecule has 2 aliphatic heterocycles. The topological polar surface area (TPSA) is 67.9 Å². The second-order valence-electron chi connectivity index (χ2n) is 7.55. The van der Waals surface area contributed by atoms with Crippen LogP contribution in [0.25, 0.3) is 6.08 Å². The summed E-state index contributed by atoms with van der Waals surface area (Å²) in [6.07, 6.45) is 1.55. The SMILES string of the molecule is CN1C(=O)/C(=C\c2ccccc2F)Sc2ccc(C(=O)NCc3ccc4c(c3)OCO4)cc21. The van der Waals surface area contributed by atoms with Gasteiger partial charge in [0.1, 0.15) is 5.82 Å². The number of benzene rings is 3. The number of nitrogens with one attached hydrogen (secondary N) is 1. The van der Waals surface area contributed by atoms with Gasteiger partial charge in [-0.2, -0.15) is 0 Å². The molecule has 2 amide bonds. The van der Waals surface area contributed by atoms with Crippen LogP contribution in [0.1, 0.15) is 21.5 Å². The molecule has 0 saturated heterocycles. The second-order valence-corrected chi connectivity index (χ2v) is 8.63. The van der Waals surface area contributed by atoms with Crippen LogP contribution in [0.2, 0.25) is 0 Å². The molecule has 0 aliphatic carbocycles. The number of amides is 2. The molecule has 3 aromatic rings. The van der Waals surface area contributed by atoms with Gasteiger partial charge in [0.25, 0.3) is 11.8 Å². The van der Waals surface area contributed by atoms with Crippen LogP contribution in [-0.2, 0) is 11.3 Å². The van der Waals surface area contributed by atoms with Crippen molar-refractivity contribution in [2.45, 2.75) is 11.4 Å². The summed E-state index contributed by atoms with van der Waals surface area (Å²) >= 11 is 1.26. The van der Waals surface area contributed by atoms with Crippen molar-refractivity contribution in [3.05, 3.63) is 88.1 Å². The van der Waals surface area contributed by atoms with Gasteiger partial charge in [0.2, 0.25) is 6.79 Å². The predicted octanol–water partition coefficient (Wildman–Crippen LogP) is 4.59. The van der Waals surface area contributed by atoms with E-state index < -0.39 is 0 Å². The van der Waals surface area contributed by atoms with Gasteiger partial charge in [0.05, 0.1) is 10.6 Å². The smallest absolute Gasteiger partial charge is 0.264 e. The predicted molar refractivity (Wildman–Crippen MR) is 124 cm³/mol. The van der Waals surface area contributed by atoms with Crippen LogP contribution < -0.4 is 19.7 Å². The number of fused-ring (bicyclic) bond motifs is 2. The molecule has 2 aliphatic rings. The molecule has 0 radical (unpaired) electrons. The maximum atomic E-state index is 14.0. The third-order valence-electron chi connectivity index (χ3n) is 5.40. The maximum Gasteiger partial charge on any atom is 0.264 e. The van der Waals surface area contributed by atoms with Gasteiger partial charge in [0, 0.05) is 29.6 Å². The fourth-order valence-corrected chi connectivity index (χ4v) is 4.69. The van der Waals surface area contributed by atoms with Gasteiger partial charge in [0.15, 0.2) is 11.5 Å². The summed E-state index contributed by atoms with van der Waals surface area (Å²) in [7, 11) is 1.64. The molecule has 6 nitrogen and oxygen atoms in total. The van der Waals surface area contributed by atoms with Crippen LogP contribution in [0.3, 0.4) is 0 Å². The lowest BCUT2D eigenvalue weighted by atomic mass is 10.1. The largest absolute Gasteiger partial charge is 0.454 e. The van der Waals surface area contributed by atoms with Crippen LogP contribution in [0.4, 0.5) is 10.1 Å². The van der Waals surface area contributed by atoms with E-state index in [0.717, 1.165) is 10.5 Å². The van der Waals surface area contributed by atoms with E-state index in [-0.39, 0.29) is 24.4 Å². The van der Waals surface area contributed by atoms with Gasteiger partial charge in [-0.15, -0.1) is 0 Å². The average Bonchev–Trinajstić information content (AvgIpc) is 3.30. The van der Waals surface area contributed by atoms with Crippen molar-refractivity contribution < 1.29 is 23.5 Å². The van der Waals surface area contributed by atoms with E-state index >= 15 is 0 Å². The molecular formula is C25H19FN2O4S. The molecule has 0 saturated carbocycles. The Bertz CT molecular complexity index is 1310. The highest BCUT2D eigenvalue weighted by Gasteiger charge is 2.27. The lowest BCUT2D eigenvalue weighted by Crippen LogP contribution is -2.31. The molecule has 0 atom stereocenters. The lowest BCUT2D eigenvalue weighted by Gasteiger charge is -2.27. The third kappa shape index (κ3) is 4.17. The van der Waals surface area contributed by atoms with Crippen LogP contribution in [0.15, 0.2) is 70.5 Å². The highest BCUT2D eigenvalue weighted by Crippen LogP contribution is 2.42. The van der Waals surface area contributed by atoms with Crippen molar-refractivity contribution in [2.24, 2.45) is 0 Å². The molecule has 0 bridgehead atoms. The molecule has 33 heavy (non-hydrogen) atoms. The molecular weight excluding hydrogens is 443 g/mol. The van der Waals surface area contributed by atoms with E-state index in [4.69, 9.17) is 9.47 Å². The van der Waals surface area contributed by atoms with Crippen LogP contribution in [0, 0.1) is 5.82 Å². The zero-order valence-electron chi connectivity index (χ0n) is 17.6. The number of likely N-dealkylation sites (N-methyl/N-ethyl adjacent to an activating group) is 1. The molecule has 2 heterocycles. The minimum atomic E-state index is -0.388. The first-order valence-corrected chi connectivity index (χ1v) is 11.0. The van der Waals surface area contributed by atoms with Gasteiger partial charge >= 0.3 is 0 Å². The molecule has 3 aromatic carbocycles. The van der Waals surface area contributed by atoms with E-state index in [1.807, 2.05) is 18.2 Å². The van der Waals surface area contributed by atoms with Gasteiger partial charge < -0.3 is 19.7 Å². The number of hydrogen-bond acceptors (Lipinski definition) is 5. The number of thioether (sulfide) groups is 1. The van der Waals surface area contributed by atoms with Gasteiger partial charge in [-0.05, 0) is 48.0 Å². The summed E-state index contributed by atoms with van der Waals surface area (Å²) in [5.74, 6) is 0.448. The highest BCUT2D eigenvalue weighted by molar-refractivity contribution is 8.04. The first-order valence-electron chi connectivity index (χ1n) is 10.2. The maximum absolute atomic E-state index is 14.0. The molecule has 1 N–H and O–H groups in total. The summed E-state index contributed by atoms with van der Waals surface area (Å²) in [6.45, 7) is 0.521. The van der Waals surface area contributed by atoms with Crippen molar-refractivity contribution in [1.82, 2.24) is 5.32 Å². The molecule has 8 heteroatoms. The van der Waals surface area contributed by atoms with Crippen LogP contribution in [-0.4, -0.2) is 25.7 Å². The lowest BCUT2D eigenvalue weighted by molar-refractivity contribution is -0.114. The number of carbonyl (C=O) groups is 2. The molecule has 166 valence electrons. The minimum Gasteiger partial charge on any atom is -0.454 e. The number of halogens is 1. The van der Waals surface area contributed by atoms with Crippen molar-refractivity contribution >= 4 is 35.3 Å². The summed E-state index contributed by atoms with van der Waals surface area (Å²) < 4.78 is 24.7. The Kier molecular flexibility index (Phi) is 5.51. The first kappa shape index (κ1) is 21.1. The minimum absolute atomic E-state index is 0.196. The van der Waals surface area contributed by atoms with Gasteiger partial charge in [-0.3, -0.25) is 9.59 Å². The number of carbonyl (C=O) groups excluding carboxylic acids is 2. The van der Waals surface area contributed by atoms with Crippen molar-refractivity contribution in [3.63, 3.8) is 0 Å². The van der Waals surface area contributed by atoms with Gasteiger partial charge in [-0.1, -0.05) is 36.0 Å². The fraction of sp³-hybridized carbons (Fsp3) is 0.120. The van der Waals surface area contributed by atoms with Crippen molar-refractivity contribution in [3.8, 4) is 11.5 Å². The number of hydrogen-bond donors (Lipinski definition) is 1. The van der Waals surface area contributed by atoms with E-state index in [9.17, 15) is 14.0 Å². The summed E-state index contributed by atoms with van der Waals surface area (Å²) in [6, 6.07) is 17.0. The van der Waals surface area contributed by atoms with E-state index in [0.29, 0.717) is 39.8 Å². The standard InChI is InChI=1S/C25H19FN2O4S/c1-28-19-11-17(24(29)27-13-15-6-8-20-21(10-15)32-14-31-20)7-9-22(19)33-23(25(28)30)12-16-4-2-3-5-18(16)26/h2-12H,13-14H2,1H3,(H,27,29)/b23-12+. The first-order chi connectivity index (χ1) is 16.0. The third-order valence-corrected chi connectivity index (χ3v) is 6.48. The Labute approximate surface area is 194 Å². The number of anilines is 1. The Morgan fingerprint density at radius 1 is 1.12 bits per heavy atom. The Hall–Kier alpha value is -3.78. The monoisotopic (exact) mass is 462 g/mol. The molecule has 0 aromatic heterocycles. The van der Waals surface area contributed by atoms with Crippen molar-refractivity contribution in [1.29, 1.82) is 0 Å². The Morgan fingerprint density at radius 3 is 2.79 bits per heavy atom. The Balaban J connectivity index is 1.33.